The third-order valence-electron chi connectivity index (χ3n) is 4.06. The Bertz CT molecular complexity index is 417. The Kier molecular flexibility index (Phi) is 5.28. The molecule has 0 saturated heterocycles. The van der Waals surface area contributed by atoms with E-state index >= 15 is 0 Å². The summed E-state index contributed by atoms with van der Waals surface area (Å²) in [7, 11) is 1.75. The van der Waals surface area contributed by atoms with E-state index in [1.165, 1.54) is 18.4 Å². The van der Waals surface area contributed by atoms with E-state index in [0.29, 0.717) is 11.8 Å². The van der Waals surface area contributed by atoms with Crippen LogP contribution in [0.3, 0.4) is 0 Å². The van der Waals surface area contributed by atoms with Gasteiger partial charge in [-0.3, -0.25) is 0 Å². The predicted octanol–water partition coefficient (Wildman–Crippen LogP) is 4.02. The van der Waals surface area contributed by atoms with Crippen LogP contribution in [0, 0.1) is 11.8 Å². The van der Waals surface area contributed by atoms with Crippen LogP contribution in [0.2, 0.25) is 0 Å². The first-order chi connectivity index (χ1) is 9.10. The van der Waals surface area contributed by atoms with Crippen molar-refractivity contribution < 1.29 is 4.74 Å². The summed E-state index contributed by atoms with van der Waals surface area (Å²) >= 11 is 3.54. The Labute approximate surface area is 125 Å². The molecule has 1 aliphatic rings. The van der Waals surface area contributed by atoms with Crippen LogP contribution in [0.1, 0.15) is 32.3 Å². The fraction of sp³-hybridized carbons (Fsp3) is 0.625. The molecule has 0 amide bonds. The van der Waals surface area contributed by atoms with Crippen LogP contribution in [0.5, 0.6) is 5.75 Å². The molecule has 0 bridgehead atoms. The molecular weight excluding hydrogens is 302 g/mol. The molecule has 106 valence electrons. The number of ether oxygens (including phenoxy) is 1. The first-order valence-electron chi connectivity index (χ1n) is 7.16. The molecule has 1 fully saturated rings. The van der Waals surface area contributed by atoms with Crippen molar-refractivity contribution in [2.75, 3.05) is 13.7 Å². The minimum absolute atomic E-state index is 0.648. The van der Waals surface area contributed by atoms with Crippen LogP contribution in [0.15, 0.2) is 22.7 Å². The summed E-state index contributed by atoms with van der Waals surface area (Å²) in [6.07, 6.45) is 3.79. The zero-order chi connectivity index (χ0) is 13.8. The molecule has 2 rings (SSSR count). The summed E-state index contributed by atoms with van der Waals surface area (Å²) in [6, 6.07) is 7.05. The molecule has 2 atom stereocenters. The van der Waals surface area contributed by atoms with Gasteiger partial charge in [0.05, 0.1) is 7.11 Å². The van der Waals surface area contributed by atoms with Crippen molar-refractivity contribution in [3.8, 4) is 5.75 Å². The van der Waals surface area contributed by atoms with E-state index in [9.17, 15) is 0 Å². The monoisotopic (exact) mass is 325 g/mol. The van der Waals surface area contributed by atoms with Gasteiger partial charge in [0.25, 0.3) is 0 Å². The summed E-state index contributed by atoms with van der Waals surface area (Å²) in [5.41, 5.74) is 1.29. The second-order valence-electron chi connectivity index (χ2n) is 5.80. The Balaban J connectivity index is 1.92. The molecule has 1 aromatic carbocycles. The Morgan fingerprint density at radius 3 is 2.68 bits per heavy atom. The largest absolute Gasteiger partial charge is 0.496 e. The highest BCUT2D eigenvalue weighted by Gasteiger charge is 2.22. The van der Waals surface area contributed by atoms with Gasteiger partial charge in [-0.1, -0.05) is 29.8 Å². The lowest BCUT2D eigenvalue weighted by Gasteiger charge is -2.21. The molecular formula is C16H24BrNO. The SMILES string of the molecule is COc1ccc(Br)cc1CC(C)C(C)CNC1CC1. The molecule has 0 aromatic heterocycles. The van der Waals surface area contributed by atoms with Crippen molar-refractivity contribution in [1.29, 1.82) is 0 Å². The lowest BCUT2D eigenvalue weighted by atomic mass is 9.89. The smallest absolute Gasteiger partial charge is 0.122 e. The molecule has 0 heterocycles. The van der Waals surface area contributed by atoms with Gasteiger partial charge >= 0.3 is 0 Å². The molecule has 0 radical (unpaired) electrons. The lowest BCUT2D eigenvalue weighted by molar-refractivity contribution is 0.354. The number of nitrogens with one attached hydrogen (secondary N) is 1. The van der Waals surface area contributed by atoms with E-state index < -0.39 is 0 Å². The second kappa shape index (κ2) is 6.76. The van der Waals surface area contributed by atoms with Crippen LogP contribution in [0.25, 0.3) is 0 Å². The summed E-state index contributed by atoms with van der Waals surface area (Å²) in [4.78, 5) is 0. The summed E-state index contributed by atoms with van der Waals surface area (Å²) < 4.78 is 6.58. The standard InChI is InChI=1S/C16H24BrNO/c1-11(12(2)10-18-15-5-6-15)8-13-9-14(17)4-7-16(13)19-3/h4,7,9,11-12,15,18H,5-6,8,10H2,1-3H3. The second-order valence-corrected chi connectivity index (χ2v) is 6.71. The zero-order valence-electron chi connectivity index (χ0n) is 12.1. The van der Waals surface area contributed by atoms with Gasteiger partial charge in [0.1, 0.15) is 5.75 Å². The van der Waals surface area contributed by atoms with E-state index in [0.717, 1.165) is 29.2 Å². The van der Waals surface area contributed by atoms with Crippen LogP contribution in [-0.2, 0) is 6.42 Å². The fourth-order valence-corrected chi connectivity index (χ4v) is 2.70. The number of hydrogen-bond acceptors (Lipinski definition) is 2. The first-order valence-corrected chi connectivity index (χ1v) is 7.95. The number of methoxy groups -OCH3 is 1. The average Bonchev–Trinajstić information content (AvgIpc) is 3.20. The van der Waals surface area contributed by atoms with E-state index in [1.54, 1.807) is 7.11 Å². The van der Waals surface area contributed by atoms with E-state index in [2.05, 4.69) is 41.2 Å². The molecule has 1 N–H and O–H groups in total. The van der Waals surface area contributed by atoms with Gasteiger partial charge in [0, 0.05) is 10.5 Å². The Morgan fingerprint density at radius 1 is 1.32 bits per heavy atom. The highest BCUT2D eigenvalue weighted by Crippen LogP contribution is 2.28. The van der Waals surface area contributed by atoms with Gasteiger partial charge in [-0.15, -0.1) is 0 Å². The molecule has 1 aliphatic carbocycles. The van der Waals surface area contributed by atoms with Gasteiger partial charge < -0.3 is 10.1 Å². The van der Waals surface area contributed by atoms with Crippen LogP contribution in [0.4, 0.5) is 0 Å². The Hall–Kier alpha value is -0.540. The van der Waals surface area contributed by atoms with Crippen molar-refractivity contribution in [2.24, 2.45) is 11.8 Å². The average molecular weight is 326 g/mol. The third kappa shape index (κ3) is 4.50. The van der Waals surface area contributed by atoms with Gasteiger partial charge in [0.2, 0.25) is 0 Å². The third-order valence-corrected chi connectivity index (χ3v) is 4.55. The van der Waals surface area contributed by atoms with E-state index in [-0.39, 0.29) is 0 Å². The lowest BCUT2D eigenvalue weighted by Crippen LogP contribution is -2.27. The Morgan fingerprint density at radius 2 is 2.05 bits per heavy atom. The minimum atomic E-state index is 0.648. The van der Waals surface area contributed by atoms with E-state index in [4.69, 9.17) is 4.74 Å². The van der Waals surface area contributed by atoms with Crippen molar-refractivity contribution in [3.63, 3.8) is 0 Å². The van der Waals surface area contributed by atoms with Crippen LogP contribution in [-0.4, -0.2) is 19.7 Å². The maximum Gasteiger partial charge on any atom is 0.122 e. The molecule has 19 heavy (non-hydrogen) atoms. The van der Waals surface area contributed by atoms with Crippen molar-refractivity contribution in [3.05, 3.63) is 28.2 Å². The zero-order valence-corrected chi connectivity index (χ0v) is 13.7. The van der Waals surface area contributed by atoms with Crippen molar-refractivity contribution >= 4 is 15.9 Å². The van der Waals surface area contributed by atoms with E-state index in [1.807, 2.05) is 12.1 Å². The molecule has 1 saturated carbocycles. The quantitative estimate of drug-likeness (QED) is 0.817. The summed E-state index contributed by atoms with van der Waals surface area (Å²) in [5, 5.41) is 3.62. The van der Waals surface area contributed by atoms with Gasteiger partial charge in [0.15, 0.2) is 0 Å². The maximum absolute atomic E-state index is 5.45. The topological polar surface area (TPSA) is 21.3 Å². The molecule has 3 heteroatoms. The summed E-state index contributed by atoms with van der Waals surface area (Å²) in [6.45, 7) is 5.80. The highest BCUT2D eigenvalue weighted by molar-refractivity contribution is 9.10. The number of hydrogen-bond donors (Lipinski definition) is 1. The highest BCUT2D eigenvalue weighted by atomic mass is 79.9. The molecule has 0 spiro atoms. The molecule has 2 nitrogen and oxygen atoms in total. The number of rotatable bonds is 7. The van der Waals surface area contributed by atoms with Gasteiger partial charge in [-0.2, -0.15) is 0 Å². The first kappa shape index (κ1) is 14.9. The molecule has 1 aromatic rings. The van der Waals surface area contributed by atoms with Crippen molar-refractivity contribution in [2.45, 2.75) is 39.2 Å². The van der Waals surface area contributed by atoms with Crippen LogP contribution < -0.4 is 10.1 Å². The summed E-state index contributed by atoms with van der Waals surface area (Å²) in [5.74, 6) is 2.33. The predicted molar refractivity (Wildman–Crippen MR) is 83.8 cm³/mol. The molecule has 2 unspecified atom stereocenters. The number of halogens is 1. The van der Waals surface area contributed by atoms with Crippen LogP contribution >= 0.6 is 15.9 Å². The van der Waals surface area contributed by atoms with Crippen molar-refractivity contribution in [1.82, 2.24) is 5.32 Å². The minimum Gasteiger partial charge on any atom is -0.496 e. The van der Waals surface area contributed by atoms with Gasteiger partial charge in [-0.05, 0) is 61.4 Å². The molecule has 0 aliphatic heterocycles. The maximum atomic E-state index is 5.45. The normalized spacial score (nSPS) is 18.1. The fourth-order valence-electron chi connectivity index (χ4n) is 2.30. The number of benzene rings is 1. The van der Waals surface area contributed by atoms with Gasteiger partial charge in [-0.25, -0.2) is 0 Å².